The molecule has 3 aliphatic heterocycles. The van der Waals surface area contributed by atoms with Gasteiger partial charge in [0.15, 0.2) is 0 Å². The SMILES string of the molecule is N#Cc1ccc(C2CN([C@H]3CCCCC3Oc3ccc4c(c3)CN([C@@H]3CCC(=O)NC3=O)C4O)C2)c(Cl)c1. The number of hydrogen-bond acceptors (Lipinski definition) is 7. The van der Waals surface area contributed by atoms with Crippen LogP contribution >= 0.6 is 11.6 Å². The molecular formula is C29H31ClN4O4. The van der Waals surface area contributed by atoms with Crippen LogP contribution in [0.2, 0.25) is 5.02 Å². The van der Waals surface area contributed by atoms with Crippen molar-refractivity contribution < 1.29 is 19.4 Å². The highest BCUT2D eigenvalue weighted by atomic mass is 35.5. The van der Waals surface area contributed by atoms with E-state index in [1.54, 1.807) is 11.0 Å². The number of amides is 2. The molecule has 4 atom stereocenters. The molecule has 8 nitrogen and oxygen atoms in total. The maximum absolute atomic E-state index is 12.4. The summed E-state index contributed by atoms with van der Waals surface area (Å²) >= 11 is 6.46. The van der Waals surface area contributed by atoms with Crippen LogP contribution in [0.25, 0.3) is 0 Å². The minimum atomic E-state index is -0.877. The highest BCUT2D eigenvalue weighted by Gasteiger charge is 2.41. The second-order valence-electron chi connectivity index (χ2n) is 10.9. The lowest BCUT2D eigenvalue weighted by Crippen LogP contribution is -2.57. The van der Waals surface area contributed by atoms with Gasteiger partial charge in [-0.15, -0.1) is 0 Å². The molecule has 4 aliphatic rings. The Bertz CT molecular complexity index is 1300. The van der Waals surface area contributed by atoms with Crippen LogP contribution in [0.3, 0.4) is 0 Å². The lowest BCUT2D eigenvalue weighted by atomic mass is 9.84. The van der Waals surface area contributed by atoms with E-state index in [1.165, 1.54) is 6.42 Å². The van der Waals surface area contributed by atoms with Gasteiger partial charge in [0.1, 0.15) is 18.1 Å². The van der Waals surface area contributed by atoms with Gasteiger partial charge in [-0.1, -0.05) is 30.2 Å². The third-order valence-corrected chi connectivity index (χ3v) is 8.90. The molecule has 2 unspecified atom stereocenters. The number of carbonyl (C=O) groups is 2. The van der Waals surface area contributed by atoms with Gasteiger partial charge in [-0.05, 0) is 61.1 Å². The summed E-state index contributed by atoms with van der Waals surface area (Å²) in [6, 6.07) is 13.3. The van der Waals surface area contributed by atoms with Crippen molar-refractivity contribution in [1.29, 1.82) is 5.26 Å². The van der Waals surface area contributed by atoms with Crippen LogP contribution in [0.4, 0.5) is 0 Å². The molecule has 198 valence electrons. The highest BCUT2D eigenvalue weighted by Crippen LogP contribution is 2.40. The summed E-state index contributed by atoms with van der Waals surface area (Å²) in [5, 5.41) is 23.1. The summed E-state index contributed by atoms with van der Waals surface area (Å²) in [6.45, 7) is 2.29. The molecule has 2 aromatic carbocycles. The number of hydrogen-bond donors (Lipinski definition) is 2. The van der Waals surface area contributed by atoms with Gasteiger partial charge in [0.25, 0.3) is 0 Å². The van der Waals surface area contributed by atoms with Crippen LogP contribution in [0.1, 0.15) is 72.9 Å². The number of piperidine rings is 1. The van der Waals surface area contributed by atoms with E-state index in [9.17, 15) is 14.7 Å². The Morgan fingerprint density at radius 2 is 1.84 bits per heavy atom. The van der Waals surface area contributed by atoms with Gasteiger partial charge >= 0.3 is 0 Å². The van der Waals surface area contributed by atoms with E-state index in [2.05, 4.69) is 16.3 Å². The first-order valence-electron chi connectivity index (χ1n) is 13.4. The first-order chi connectivity index (χ1) is 18.4. The number of imide groups is 1. The van der Waals surface area contributed by atoms with Gasteiger partial charge < -0.3 is 9.84 Å². The molecule has 6 rings (SSSR count). The zero-order valence-electron chi connectivity index (χ0n) is 21.1. The molecule has 0 spiro atoms. The van der Waals surface area contributed by atoms with Crippen molar-refractivity contribution in [2.24, 2.45) is 0 Å². The Hall–Kier alpha value is -2.96. The zero-order valence-corrected chi connectivity index (χ0v) is 21.9. The van der Waals surface area contributed by atoms with E-state index in [4.69, 9.17) is 21.6 Å². The minimum Gasteiger partial charge on any atom is -0.489 e. The molecule has 0 bridgehead atoms. The lowest BCUT2D eigenvalue weighted by Gasteiger charge is -2.48. The quantitative estimate of drug-likeness (QED) is 0.564. The minimum absolute atomic E-state index is 0.0803. The van der Waals surface area contributed by atoms with Crippen LogP contribution in [0, 0.1) is 11.3 Å². The lowest BCUT2D eigenvalue weighted by molar-refractivity contribution is -0.141. The number of fused-ring (bicyclic) bond motifs is 1. The smallest absolute Gasteiger partial charge is 0.244 e. The summed E-state index contributed by atoms with van der Waals surface area (Å²) < 4.78 is 6.57. The molecule has 2 amide bonds. The summed E-state index contributed by atoms with van der Waals surface area (Å²) in [5.74, 6) is 0.538. The van der Waals surface area contributed by atoms with Gasteiger partial charge in [-0.25, -0.2) is 0 Å². The number of ether oxygens (including phenoxy) is 1. The van der Waals surface area contributed by atoms with Crippen LogP contribution in [0.15, 0.2) is 36.4 Å². The number of nitrogens with one attached hydrogen (secondary N) is 1. The molecule has 0 radical (unpaired) electrons. The molecule has 9 heteroatoms. The third-order valence-electron chi connectivity index (χ3n) is 8.57. The molecule has 3 fully saturated rings. The predicted octanol–water partition coefficient (Wildman–Crippen LogP) is 3.61. The molecule has 1 aliphatic carbocycles. The van der Waals surface area contributed by atoms with Gasteiger partial charge in [0.05, 0.1) is 17.7 Å². The molecule has 1 saturated carbocycles. The average molecular weight is 535 g/mol. The Balaban J connectivity index is 1.11. The predicted molar refractivity (Wildman–Crippen MR) is 140 cm³/mol. The molecule has 2 aromatic rings. The van der Waals surface area contributed by atoms with Gasteiger partial charge in [0.2, 0.25) is 11.8 Å². The van der Waals surface area contributed by atoms with Gasteiger partial charge in [-0.2, -0.15) is 5.26 Å². The topological polar surface area (TPSA) is 106 Å². The van der Waals surface area contributed by atoms with Crippen LogP contribution in [0.5, 0.6) is 5.75 Å². The fourth-order valence-electron chi connectivity index (χ4n) is 6.50. The molecule has 2 saturated heterocycles. The average Bonchev–Trinajstić information content (AvgIpc) is 3.20. The van der Waals surface area contributed by atoms with Crippen molar-refractivity contribution >= 4 is 23.4 Å². The Morgan fingerprint density at radius 3 is 2.61 bits per heavy atom. The zero-order chi connectivity index (χ0) is 26.4. The number of halogens is 1. The number of likely N-dealkylation sites (tertiary alicyclic amines) is 1. The van der Waals surface area contributed by atoms with Crippen LogP contribution in [-0.4, -0.2) is 58.0 Å². The van der Waals surface area contributed by atoms with Crippen molar-refractivity contribution in [2.75, 3.05) is 13.1 Å². The Kier molecular flexibility index (Phi) is 6.87. The number of aliphatic hydroxyl groups excluding tert-OH is 1. The summed E-state index contributed by atoms with van der Waals surface area (Å²) in [6.07, 6.45) is 4.29. The third kappa shape index (κ3) is 4.69. The maximum Gasteiger partial charge on any atom is 0.244 e. The van der Waals surface area contributed by atoms with E-state index in [0.29, 0.717) is 35.5 Å². The molecular weight excluding hydrogens is 504 g/mol. The maximum atomic E-state index is 12.4. The Morgan fingerprint density at radius 1 is 1.05 bits per heavy atom. The number of nitriles is 1. The molecule has 3 heterocycles. The highest BCUT2D eigenvalue weighted by molar-refractivity contribution is 6.31. The van der Waals surface area contributed by atoms with Crippen LogP contribution < -0.4 is 10.1 Å². The largest absolute Gasteiger partial charge is 0.489 e. The number of aliphatic hydroxyl groups is 1. The normalized spacial score (nSPS) is 28.3. The van der Waals surface area contributed by atoms with E-state index in [-0.39, 0.29) is 24.3 Å². The standard InChI is InChI=1S/C29H31ClN4O4/c30-23-11-17(13-31)5-7-21(23)19-14-33(15-19)24-3-1-2-4-26(24)38-20-6-8-22-18(12-20)16-34(29(22)37)25-9-10-27(35)32-28(25)36/h5-8,11-12,19,24-26,29,37H,1-4,9-10,14-16H2,(H,32,35,36)/t24-,25+,26?,29?/m0/s1. The van der Waals surface area contributed by atoms with E-state index < -0.39 is 12.3 Å². The first-order valence-corrected chi connectivity index (χ1v) is 13.8. The van der Waals surface area contributed by atoms with Crippen molar-refractivity contribution in [3.63, 3.8) is 0 Å². The molecule has 0 aromatic heterocycles. The number of carbonyl (C=O) groups excluding carboxylic acids is 2. The fraction of sp³-hybridized carbons (Fsp3) is 0.483. The van der Waals surface area contributed by atoms with E-state index in [1.807, 2.05) is 30.3 Å². The van der Waals surface area contributed by atoms with E-state index >= 15 is 0 Å². The van der Waals surface area contributed by atoms with E-state index in [0.717, 1.165) is 54.8 Å². The van der Waals surface area contributed by atoms with Crippen LogP contribution in [-0.2, 0) is 16.1 Å². The number of nitrogens with zero attached hydrogens (tertiary/aromatic N) is 3. The Labute approximate surface area is 227 Å². The summed E-state index contributed by atoms with van der Waals surface area (Å²) in [4.78, 5) is 28.2. The van der Waals surface area contributed by atoms with Crippen molar-refractivity contribution in [3.8, 4) is 11.8 Å². The van der Waals surface area contributed by atoms with Gasteiger partial charge in [-0.3, -0.25) is 24.7 Å². The molecule has 2 N–H and O–H groups in total. The summed E-state index contributed by atoms with van der Waals surface area (Å²) in [5.41, 5.74) is 3.42. The van der Waals surface area contributed by atoms with Crippen molar-refractivity contribution in [2.45, 2.75) is 75.4 Å². The molecule has 38 heavy (non-hydrogen) atoms. The van der Waals surface area contributed by atoms with Crippen molar-refractivity contribution in [1.82, 2.24) is 15.1 Å². The van der Waals surface area contributed by atoms with Crippen molar-refractivity contribution in [3.05, 3.63) is 63.7 Å². The van der Waals surface area contributed by atoms with Gasteiger partial charge in [0, 0.05) is 48.6 Å². The first kappa shape index (κ1) is 25.3. The second-order valence-corrected chi connectivity index (χ2v) is 11.3. The summed E-state index contributed by atoms with van der Waals surface area (Å²) in [7, 11) is 0. The second kappa shape index (κ2) is 10.3. The number of benzene rings is 2. The monoisotopic (exact) mass is 534 g/mol. The number of rotatable bonds is 5. The fourth-order valence-corrected chi connectivity index (χ4v) is 6.84.